The first-order valence-corrected chi connectivity index (χ1v) is 10.9. The van der Waals surface area contributed by atoms with Crippen LogP contribution in [0.3, 0.4) is 0 Å². The molecule has 0 bridgehead atoms. The topological polar surface area (TPSA) is 69.7 Å². The van der Waals surface area contributed by atoms with Crippen molar-refractivity contribution in [3.05, 3.63) is 61.9 Å². The smallest absolute Gasteiger partial charge is 0.294 e. The summed E-state index contributed by atoms with van der Waals surface area (Å²) in [6, 6.07) is 10.8. The summed E-state index contributed by atoms with van der Waals surface area (Å²) in [4.78, 5) is 40.5. The average molecular weight is 509 g/mol. The number of hydrogen-bond acceptors (Lipinski definition) is 5. The van der Waals surface area contributed by atoms with Gasteiger partial charge < -0.3 is 10.2 Å². The van der Waals surface area contributed by atoms with E-state index in [2.05, 4.69) is 21.2 Å². The highest BCUT2D eigenvalue weighted by atomic mass is 79.9. The van der Waals surface area contributed by atoms with Gasteiger partial charge >= 0.3 is 0 Å². The van der Waals surface area contributed by atoms with E-state index in [1.807, 2.05) is 44.1 Å². The first kappa shape index (κ1) is 22.4. The molecule has 0 aliphatic carbocycles. The molecule has 2 aromatic rings. The maximum Gasteiger partial charge on any atom is 0.294 e. The Hall–Kier alpha value is -2.29. The number of rotatable bonds is 5. The van der Waals surface area contributed by atoms with Crippen molar-refractivity contribution in [1.29, 1.82) is 0 Å². The molecule has 1 saturated heterocycles. The normalized spacial score (nSPS) is 15.1. The van der Waals surface area contributed by atoms with Crippen LogP contribution in [0.25, 0.3) is 6.08 Å². The highest BCUT2D eigenvalue weighted by Gasteiger charge is 2.36. The van der Waals surface area contributed by atoms with E-state index in [1.165, 1.54) is 0 Å². The monoisotopic (exact) mass is 507 g/mol. The maximum absolute atomic E-state index is 12.7. The zero-order valence-electron chi connectivity index (χ0n) is 16.5. The van der Waals surface area contributed by atoms with Gasteiger partial charge in [-0.3, -0.25) is 19.3 Å². The Balaban J connectivity index is 1.71. The van der Waals surface area contributed by atoms with Crippen molar-refractivity contribution < 1.29 is 14.4 Å². The van der Waals surface area contributed by atoms with Gasteiger partial charge in [0.1, 0.15) is 6.54 Å². The minimum Gasteiger partial charge on any atom is -0.377 e. The van der Waals surface area contributed by atoms with Crippen molar-refractivity contribution in [2.45, 2.75) is 6.92 Å². The fourth-order valence-corrected chi connectivity index (χ4v) is 4.55. The van der Waals surface area contributed by atoms with Crippen LogP contribution in [0.5, 0.6) is 0 Å². The largest absolute Gasteiger partial charge is 0.377 e. The predicted octanol–water partition coefficient (Wildman–Crippen LogP) is 5.15. The van der Waals surface area contributed by atoms with Gasteiger partial charge in [0.05, 0.1) is 10.6 Å². The molecular formula is C21H19BrClN3O3S. The third-order valence-corrected chi connectivity index (χ3v) is 6.33. The molecule has 0 atom stereocenters. The second-order valence-electron chi connectivity index (χ2n) is 6.89. The van der Waals surface area contributed by atoms with Crippen molar-refractivity contribution in [3.8, 4) is 0 Å². The summed E-state index contributed by atoms with van der Waals surface area (Å²) in [6.07, 6.45) is 1.65. The van der Waals surface area contributed by atoms with Crippen molar-refractivity contribution in [1.82, 2.24) is 4.90 Å². The van der Waals surface area contributed by atoms with Gasteiger partial charge in [0.2, 0.25) is 5.91 Å². The molecule has 9 heteroatoms. The summed E-state index contributed by atoms with van der Waals surface area (Å²) in [6.45, 7) is 1.49. The standard InChI is InChI=1S/C21H19BrClN3O3S/c1-12-4-6-14(10-16(12)23)24-19(27)11-26-20(28)18(30-21(26)29)9-13-5-7-17(25(2)3)15(22)8-13/h4-10H,11H2,1-3H3,(H,24,27)/b18-9-. The number of carbonyl (C=O) groups is 3. The lowest BCUT2D eigenvalue weighted by Crippen LogP contribution is -2.36. The van der Waals surface area contributed by atoms with Crippen molar-refractivity contribution in [2.24, 2.45) is 0 Å². The molecule has 1 heterocycles. The van der Waals surface area contributed by atoms with E-state index in [-0.39, 0.29) is 11.4 Å². The molecule has 1 aliphatic heterocycles. The molecule has 1 N–H and O–H groups in total. The van der Waals surface area contributed by atoms with E-state index in [1.54, 1.807) is 24.3 Å². The van der Waals surface area contributed by atoms with Crippen LogP contribution in [-0.2, 0) is 9.59 Å². The van der Waals surface area contributed by atoms with E-state index >= 15 is 0 Å². The lowest BCUT2D eigenvalue weighted by molar-refractivity contribution is -0.127. The first-order chi connectivity index (χ1) is 14.2. The van der Waals surface area contributed by atoms with Gasteiger partial charge in [-0.15, -0.1) is 0 Å². The van der Waals surface area contributed by atoms with E-state index in [0.717, 1.165) is 37.9 Å². The fraction of sp³-hybridized carbons (Fsp3) is 0.190. The van der Waals surface area contributed by atoms with Gasteiger partial charge in [0.15, 0.2) is 0 Å². The van der Waals surface area contributed by atoms with Crippen LogP contribution >= 0.6 is 39.3 Å². The van der Waals surface area contributed by atoms with Crippen LogP contribution in [0.4, 0.5) is 16.2 Å². The highest BCUT2D eigenvalue weighted by molar-refractivity contribution is 9.10. The second-order valence-corrected chi connectivity index (χ2v) is 9.14. The van der Waals surface area contributed by atoms with E-state index in [0.29, 0.717) is 10.7 Å². The summed E-state index contributed by atoms with van der Waals surface area (Å²) >= 11 is 10.4. The van der Waals surface area contributed by atoms with Crippen LogP contribution in [0.15, 0.2) is 45.8 Å². The minimum absolute atomic E-state index is 0.274. The molecule has 0 radical (unpaired) electrons. The summed E-state index contributed by atoms with van der Waals surface area (Å²) in [5, 5.41) is 2.70. The average Bonchev–Trinajstić information content (AvgIpc) is 2.92. The molecule has 0 aromatic heterocycles. The van der Waals surface area contributed by atoms with E-state index in [4.69, 9.17) is 11.6 Å². The van der Waals surface area contributed by atoms with Gasteiger partial charge in [0.25, 0.3) is 11.1 Å². The first-order valence-electron chi connectivity index (χ1n) is 8.94. The molecule has 1 aliphatic rings. The Morgan fingerprint density at radius 1 is 1.23 bits per heavy atom. The molecule has 6 nitrogen and oxygen atoms in total. The summed E-state index contributed by atoms with van der Waals surface area (Å²) in [7, 11) is 3.86. The number of thioether (sulfide) groups is 1. The third kappa shape index (κ3) is 5.06. The molecule has 0 unspecified atom stereocenters. The maximum atomic E-state index is 12.7. The fourth-order valence-electron chi connectivity index (χ4n) is 2.78. The molecule has 0 saturated carbocycles. The molecule has 0 spiro atoms. The lowest BCUT2D eigenvalue weighted by atomic mass is 10.2. The Labute approximate surface area is 192 Å². The van der Waals surface area contributed by atoms with Gasteiger partial charge in [-0.1, -0.05) is 23.7 Å². The SMILES string of the molecule is Cc1ccc(NC(=O)CN2C(=O)S/C(=C\c3ccc(N(C)C)c(Br)c3)C2=O)cc1Cl. The van der Waals surface area contributed by atoms with Crippen LogP contribution in [0.1, 0.15) is 11.1 Å². The number of amides is 3. The Kier molecular flexibility index (Phi) is 6.90. The van der Waals surface area contributed by atoms with Crippen LogP contribution in [0, 0.1) is 6.92 Å². The lowest BCUT2D eigenvalue weighted by Gasteiger charge is -2.14. The number of halogens is 2. The van der Waals surface area contributed by atoms with Crippen LogP contribution in [0.2, 0.25) is 5.02 Å². The third-order valence-electron chi connectivity index (χ3n) is 4.38. The summed E-state index contributed by atoms with van der Waals surface area (Å²) in [5.74, 6) is -0.966. The number of hydrogen-bond donors (Lipinski definition) is 1. The zero-order chi connectivity index (χ0) is 22.0. The van der Waals surface area contributed by atoms with Crippen LogP contribution in [-0.4, -0.2) is 42.6 Å². The van der Waals surface area contributed by atoms with Crippen LogP contribution < -0.4 is 10.2 Å². The van der Waals surface area contributed by atoms with Gasteiger partial charge in [0, 0.05) is 29.3 Å². The summed E-state index contributed by atoms with van der Waals surface area (Å²) in [5.41, 5.74) is 3.16. The molecule has 3 rings (SSSR count). The Morgan fingerprint density at radius 3 is 2.60 bits per heavy atom. The molecular weight excluding hydrogens is 490 g/mol. The number of anilines is 2. The summed E-state index contributed by atoms with van der Waals surface area (Å²) < 4.78 is 0.872. The zero-order valence-corrected chi connectivity index (χ0v) is 19.7. The molecule has 2 aromatic carbocycles. The molecule has 30 heavy (non-hydrogen) atoms. The van der Waals surface area contributed by atoms with Gasteiger partial charge in [-0.05, 0) is 76.1 Å². The Morgan fingerprint density at radius 2 is 1.97 bits per heavy atom. The number of carbonyl (C=O) groups excluding carboxylic acids is 3. The minimum atomic E-state index is -0.491. The second kappa shape index (κ2) is 9.24. The molecule has 3 amide bonds. The van der Waals surface area contributed by atoms with Crippen molar-refractivity contribution in [3.63, 3.8) is 0 Å². The van der Waals surface area contributed by atoms with Crippen molar-refractivity contribution in [2.75, 3.05) is 30.9 Å². The number of nitrogens with zero attached hydrogens (tertiary/aromatic N) is 2. The van der Waals surface area contributed by atoms with Gasteiger partial charge in [-0.25, -0.2) is 0 Å². The predicted molar refractivity (Wildman–Crippen MR) is 126 cm³/mol. The molecule has 156 valence electrons. The number of imide groups is 1. The number of benzene rings is 2. The highest BCUT2D eigenvalue weighted by Crippen LogP contribution is 2.33. The number of nitrogens with one attached hydrogen (secondary N) is 1. The molecule has 1 fully saturated rings. The van der Waals surface area contributed by atoms with Gasteiger partial charge in [-0.2, -0.15) is 0 Å². The van der Waals surface area contributed by atoms with E-state index < -0.39 is 17.1 Å². The van der Waals surface area contributed by atoms with Crippen molar-refractivity contribution >= 4 is 73.8 Å². The Bertz CT molecular complexity index is 1070. The number of aryl methyl sites for hydroxylation is 1. The van der Waals surface area contributed by atoms with E-state index in [9.17, 15) is 14.4 Å². The quantitative estimate of drug-likeness (QED) is 0.566.